The topological polar surface area (TPSA) is 45.2 Å². The molecule has 2 rings (SSSR count). The van der Waals surface area contributed by atoms with Crippen LogP contribution in [0.3, 0.4) is 0 Å². The van der Waals surface area contributed by atoms with Crippen molar-refractivity contribution < 1.29 is 5.11 Å². The molecule has 3 nitrogen and oxygen atoms in total. The number of aromatic nitrogens is 1. The fraction of sp³-hybridized carbons (Fsp3) is 0.357. The molecule has 0 spiro atoms. The Balaban J connectivity index is 1.91. The molecular formula is C14H18N2OS. The highest BCUT2D eigenvalue weighted by Crippen LogP contribution is 2.19. The number of aromatic hydroxyl groups is 1. The Kier molecular flexibility index (Phi) is 4.73. The second-order valence-corrected chi connectivity index (χ2v) is 5.47. The first-order valence-corrected chi connectivity index (χ1v) is 6.95. The number of nitrogens with zero attached hydrogens (tertiary/aromatic N) is 1. The second kappa shape index (κ2) is 6.52. The van der Waals surface area contributed by atoms with Gasteiger partial charge in [0.25, 0.3) is 0 Å². The number of phenolic OH excluding ortho intramolecular Hbond substituents is 1. The van der Waals surface area contributed by atoms with Gasteiger partial charge in [0, 0.05) is 17.5 Å². The first kappa shape index (κ1) is 13.1. The van der Waals surface area contributed by atoms with Crippen LogP contribution in [0.25, 0.3) is 0 Å². The summed E-state index contributed by atoms with van der Waals surface area (Å²) in [5.74, 6) is 0.311. The summed E-state index contributed by atoms with van der Waals surface area (Å²) in [5, 5.41) is 13.5. The molecule has 0 atom stereocenters. The highest BCUT2D eigenvalue weighted by molar-refractivity contribution is 7.11. The molecular weight excluding hydrogens is 244 g/mol. The molecule has 96 valence electrons. The lowest BCUT2D eigenvalue weighted by atomic mass is 10.1. The number of aryl methyl sites for hydroxylation is 1. The van der Waals surface area contributed by atoms with Gasteiger partial charge in [-0.15, -0.1) is 11.3 Å². The quantitative estimate of drug-likeness (QED) is 0.787. The average Bonchev–Trinajstić information content (AvgIpc) is 2.80. The highest BCUT2D eigenvalue weighted by Gasteiger charge is 2.03. The van der Waals surface area contributed by atoms with Crippen molar-refractivity contribution in [2.24, 2.45) is 0 Å². The van der Waals surface area contributed by atoms with Crippen molar-refractivity contribution in [2.75, 3.05) is 13.6 Å². The molecule has 0 amide bonds. The molecule has 18 heavy (non-hydrogen) atoms. The Morgan fingerprint density at radius 1 is 1.28 bits per heavy atom. The number of phenols is 1. The summed E-state index contributed by atoms with van der Waals surface area (Å²) in [7, 11) is 1.98. The molecule has 0 fully saturated rings. The molecule has 4 heteroatoms. The molecule has 1 aromatic carbocycles. The SMILES string of the molecule is CNCCCc1cnc(Cc2ccc(O)cc2)s1. The summed E-state index contributed by atoms with van der Waals surface area (Å²) >= 11 is 1.78. The highest BCUT2D eigenvalue weighted by atomic mass is 32.1. The zero-order chi connectivity index (χ0) is 12.8. The van der Waals surface area contributed by atoms with Gasteiger partial charge in [0.15, 0.2) is 0 Å². The zero-order valence-corrected chi connectivity index (χ0v) is 11.3. The van der Waals surface area contributed by atoms with E-state index < -0.39 is 0 Å². The maximum Gasteiger partial charge on any atom is 0.115 e. The maximum atomic E-state index is 9.23. The lowest BCUT2D eigenvalue weighted by Crippen LogP contribution is -2.07. The minimum absolute atomic E-state index is 0.311. The predicted molar refractivity (Wildman–Crippen MR) is 75.3 cm³/mol. The van der Waals surface area contributed by atoms with Gasteiger partial charge >= 0.3 is 0 Å². The maximum absolute atomic E-state index is 9.23. The molecule has 1 aromatic heterocycles. The summed E-state index contributed by atoms with van der Waals surface area (Å²) in [4.78, 5) is 5.79. The third-order valence-corrected chi connectivity index (χ3v) is 3.80. The smallest absolute Gasteiger partial charge is 0.115 e. The van der Waals surface area contributed by atoms with Gasteiger partial charge in [0.1, 0.15) is 5.75 Å². The van der Waals surface area contributed by atoms with E-state index in [2.05, 4.69) is 10.3 Å². The van der Waals surface area contributed by atoms with Gasteiger partial charge in [-0.3, -0.25) is 0 Å². The Bertz CT molecular complexity index is 479. The minimum Gasteiger partial charge on any atom is -0.508 e. The molecule has 0 aliphatic carbocycles. The fourth-order valence-corrected chi connectivity index (χ4v) is 2.77. The number of thiazole rings is 1. The summed E-state index contributed by atoms with van der Waals surface area (Å²) in [6.07, 6.45) is 5.07. The predicted octanol–water partition coefficient (Wildman–Crippen LogP) is 2.59. The summed E-state index contributed by atoms with van der Waals surface area (Å²) in [5.41, 5.74) is 1.18. The Morgan fingerprint density at radius 2 is 2.06 bits per heavy atom. The van der Waals surface area contributed by atoms with Crippen molar-refractivity contribution in [3.8, 4) is 5.75 Å². The van der Waals surface area contributed by atoms with Crippen LogP contribution in [0.15, 0.2) is 30.5 Å². The van der Waals surface area contributed by atoms with Gasteiger partial charge in [-0.25, -0.2) is 4.98 Å². The van der Waals surface area contributed by atoms with Crippen LogP contribution in [-0.4, -0.2) is 23.7 Å². The molecule has 0 saturated heterocycles. The van der Waals surface area contributed by atoms with E-state index >= 15 is 0 Å². The van der Waals surface area contributed by atoms with E-state index in [1.807, 2.05) is 25.4 Å². The van der Waals surface area contributed by atoms with Gasteiger partial charge in [-0.2, -0.15) is 0 Å². The third-order valence-electron chi connectivity index (χ3n) is 2.74. The molecule has 0 unspecified atom stereocenters. The van der Waals surface area contributed by atoms with Crippen LogP contribution in [0.4, 0.5) is 0 Å². The van der Waals surface area contributed by atoms with Gasteiger partial charge in [-0.1, -0.05) is 12.1 Å². The van der Waals surface area contributed by atoms with Crippen molar-refractivity contribution in [1.29, 1.82) is 0 Å². The van der Waals surface area contributed by atoms with Crippen LogP contribution < -0.4 is 5.32 Å². The van der Waals surface area contributed by atoms with E-state index in [1.54, 1.807) is 23.5 Å². The van der Waals surface area contributed by atoms with E-state index in [9.17, 15) is 5.11 Å². The van der Waals surface area contributed by atoms with Crippen LogP contribution >= 0.6 is 11.3 Å². The van der Waals surface area contributed by atoms with Gasteiger partial charge < -0.3 is 10.4 Å². The summed E-state index contributed by atoms with van der Waals surface area (Å²) < 4.78 is 0. The lowest BCUT2D eigenvalue weighted by Gasteiger charge is -1.98. The summed E-state index contributed by atoms with van der Waals surface area (Å²) in [6.45, 7) is 1.05. The number of rotatable bonds is 6. The molecule has 2 N–H and O–H groups in total. The zero-order valence-electron chi connectivity index (χ0n) is 10.5. The van der Waals surface area contributed by atoms with E-state index in [0.29, 0.717) is 5.75 Å². The van der Waals surface area contributed by atoms with E-state index in [1.165, 1.54) is 10.4 Å². The van der Waals surface area contributed by atoms with Crippen LogP contribution in [0.1, 0.15) is 21.9 Å². The van der Waals surface area contributed by atoms with Crippen LogP contribution in [0.5, 0.6) is 5.75 Å². The second-order valence-electron chi connectivity index (χ2n) is 4.27. The number of nitrogens with one attached hydrogen (secondary N) is 1. The molecule has 0 saturated carbocycles. The average molecular weight is 262 g/mol. The fourth-order valence-electron chi connectivity index (χ4n) is 1.77. The van der Waals surface area contributed by atoms with E-state index in [0.717, 1.165) is 30.8 Å². The molecule has 0 aliphatic heterocycles. The van der Waals surface area contributed by atoms with Crippen LogP contribution in [-0.2, 0) is 12.8 Å². The first-order valence-electron chi connectivity index (χ1n) is 6.14. The molecule has 1 heterocycles. The Labute approximate surface area is 112 Å². The molecule has 2 aromatic rings. The normalized spacial score (nSPS) is 10.7. The Morgan fingerprint density at radius 3 is 2.78 bits per heavy atom. The third kappa shape index (κ3) is 3.82. The van der Waals surface area contributed by atoms with Crippen LogP contribution in [0, 0.1) is 0 Å². The van der Waals surface area contributed by atoms with E-state index in [4.69, 9.17) is 0 Å². The summed E-state index contributed by atoms with van der Waals surface area (Å²) in [6, 6.07) is 7.32. The van der Waals surface area contributed by atoms with Gasteiger partial charge in [0.05, 0.1) is 5.01 Å². The monoisotopic (exact) mass is 262 g/mol. The number of hydrogen-bond donors (Lipinski definition) is 2. The molecule has 0 bridgehead atoms. The molecule has 0 aliphatic rings. The molecule has 0 radical (unpaired) electrons. The first-order chi connectivity index (χ1) is 8.78. The largest absolute Gasteiger partial charge is 0.508 e. The van der Waals surface area contributed by atoms with Crippen molar-refractivity contribution in [3.05, 3.63) is 45.9 Å². The number of benzene rings is 1. The number of hydrogen-bond acceptors (Lipinski definition) is 4. The Hall–Kier alpha value is -1.39. The lowest BCUT2D eigenvalue weighted by molar-refractivity contribution is 0.475. The van der Waals surface area contributed by atoms with Crippen molar-refractivity contribution in [2.45, 2.75) is 19.3 Å². The van der Waals surface area contributed by atoms with Crippen molar-refractivity contribution in [3.63, 3.8) is 0 Å². The van der Waals surface area contributed by atoms with Crippen LogP contribution in [0.2, 0.25) is 0 Å². The van der Waals surface area contributed by atoms with Crippen molar-refractivity contribution >= 4 is 11.3 Å². The van der Waals surface area contributed by atoms with E-state index in [-0.39, 0.29) is 0 Å². The van der Waals surface area contributed by atoms with Gasteiger partial charge in [-0.05, 0) is 44.1 Å². The van der Waals surface area contributed by atoms with Crippen molar-refractivity contribution in [1.82, 2.24) is 10.3 Å². The standard InChI is InChI=1S/C14H18N2OS/c1-15-8-2-3-13-10-16-14(18-13)9-11-4-6-12(17)7-5-11/h4-7,10,15,17H,2-3,8-9H2,1H3. The minimum atomic E-state index is 0.311. The van der Waals surface area contributed by atoms with Gasteiger partial charge in [0.2, 0.25) is 0 Å².